The number of amides is 1. The Morgan fingerprint density at radius 3 is 2.79 bits per heavy atom. The van der Waals surface area contributed by atoms with Gasteiger partial charge in [0, 0.05) is 12.1 Å². The summed E-state index contributed by atoms with van der Waals surface area (Å²) in [4.78, 5) is 11.9. The number of aromatic hydroxyl groups is 1. The Morgan fingerprint density at radius 2 is 2.21 bits per heavy atom. The van der Waals surface area contributed by atoms with Crippen LogP contribution in [0.1, 0.15) is 22.3 Å². The summed E-state index contributed by atoms with van der Waals surface area (Å²) >= 11 is 0. The quantitative estimate of drug-likeness (QED) is 0.862. The highest BCUT2D eigenvalue weighted by atomic mass is 32.2. The van der Waals surface area contributed by atoms with Gasteiger partial charge < -0.3 is 10.4 Å². The molecule has 0 aromatic heterocycles. The summed E-state index contributed by atoms with van der Waals surface area (Å²) in [6.45, 7) is 2.09. The van der Waals surface area contributed by atoms with E-state index in [-0.39, 0.29) is 29.1 Å². The van der Waals surface area contributed by atoms with Crippen molar-refractivity contribution in [3.05, 3.63) is 29.3 Å². The fourth-order valence-electron chi connectivity index (χ4n) is 2.17. The molecule has 1 unspecified atom stereocenters. The molecule has 0 spiro atoms. The molecule has 1 saturated heterocycles. The fourth-order valence-corrected chi connectivity index (χ4v) is 4.03. The van der Waals surface area contributed by atoms with Crippen LogP contribution in [0.15, 0.2) is 18.2 Å². The predicted molar refractivity (Wildman–Crippen MR) is 71.9 cm³/mol. The molecule has 1 atom stereocenters. The van der Waals surface area contributed by atoms with Gasteiger partial charge >= 0.3 is 0 Å². The van der Waals surface area contributed by atoms with Gasteiger partial charge in [-0.15, -0.1) is 0 Å². The van der Waals surface area contributed by atoms with Gasteiger partial charge in [-0.1, -0.05) is 0 Å². The van der Waals surface area contributed by atoms with Crippen molar-refractivity contribution in [1.82, 2.24) is 5.32 Å². The fraction of sp³-hybridized carbons (Fsp3) is 0.462. The first-order valence-electron chi connectivity index (χ1n) is 6.15. The standard InChI is InChI=1S/C13H17NO4S/c1-9-6-11(2-3-12(9)15)13(16)14-7-10-4-5-19(17,18)8-10/h2-3,6,10,15H,4-5,7-8H2,1H3,(H,14,16). The van der Waals surface area contributed by atoms with Crippen molar-refractivity contribution in [3.8, 4) is 5.75 Å². The first-order valence-corrected chi connectivity index (χ1v) is 7.98. The Hall–Kier alpha value is -1.56. The van der Waals surface area contributed by atoms with E-state index in [1.165, 1.54) is 6.07 Å². The molecule has 1 aliphatic heterocycles. The number of hydrogen-bond donors (Lipinski definition) is 2. The van der Waals surface area contributed by atoms with Crippen LogP contribution in [0, 0.1) is 12.8 Å². The van der Waals surface area contributed by atoms with Gasteiger partial charge in [-0.2, -0.15) is 0 Å². The number of carbonyl (C=O) groups is 1. The average Bonchev–Trinajstić information content (AvgIpc) is 2.69. The zero-order valence-corrected chi connectivity index (χ0v) is 11.5. The number of phenolic OH excluding ortho intramolecular Hbond substituents is 1. The topological polar surface area (TPSA) is 83.5 Å². The van der Waals surface area contributed by atoms with Crippen LogP contribution in [0.4, 0.5) is 0 Å². The van der Waals surface area contributed by atoms with Crippen LogP contribution >= 0.6 is 0 Å². The number of rotatable bonds is 3. The largest absolute Gasteiger partial charge is 0.508 e. The van der Waals surface area contributed by atoms with Crippen LogP contribution in [0.3, 0.4) is 0 Å². The SMILES string of the molecule is Cc1cc(C(=O)NCC2CCS(=O)(=O)C2)ccc1O. The molecule has 2 N–H and O–H groups in total. The van der Waals surface area contributed by atoms with E-state index in [1.807, 2.05) is 0 Å². The highest BCUT2D eigenvalue weighted by molar-refractivity contribution is 7.91. The van der Waals surface area contributed by atoms with Crippen molar-refractivity contribution >= 4 is 15.7 Å². The van der Waals surface area contributed by atoms with Gasteiger partial charge in [0.15, 0.2) is 9.84 Å². The van der Waals surface area contributed by atoms with Gasteiger partial charge in [-0.3, -0.25) is 4.79 Å². The lowest BCUT2D eigenvalue weighted by Gasteiger charge is -2.10. The van der Waals surface area contributed by atoms with Crippen molar-refractivity contribution in [2.45, 2.75) is 13.3 Å². The number of aryl methyl sites for hydroxylation is 1. The van der Waals surface area contributed by atoms with Crippen molar-refractivity contribution in [2.75, 3.05) is 18.1 Å². The second kappa shape index (κ2) is 5.21. The second-order valence-corrected chi connectivity index (χ2v) is 7.21. The number of carbonyl (C=O) groups excluding carboxylic acids is 1. The van der Waals surface area contributed by atoms with Crippen LogP contribution in [0.5, 0.6) is 5.75 Å². The van der Waals surface area contributed by atoms with Crippen LogP contribution < -0.4 is 5.32 Å². The third kappa shape index (κ3) is 3.47. The van der Waals surface area contributed by atoms with Gasteiger partial charge in [-0.25, -0.2) is 8.42 Å². The molecule has 6 heteroatoms. The maximum Gasteiger partial charge on any atom is 0.251 e. The van der Waals surface area contributed by atoms with E-state index >= 15 is 0 Å². The molecule has 0 saturated carbocycles. The highest BCUT2D eigenvalue weighted by Crippen LogP contribution is 2.19. The van der Waals surface area contributed by atoms with Crippen LogP contribution in [0.2, 0.25) is 0 Å². The van der Waals surface area contributed by atoms with E-state index in [1.54, 1.807) is 19.1 Å². The Morgan fingerprint density at radius 1 is 1.47 bits per heavy atom. The maximum absolute atomic E-state index is 11.9. The van der Waals surface area contributed by atoms with Gasteiger partial charge in [0.25, 0.3) is 5.91 Å². The molecule has 0 bridgehead atoms. The molecule has 1 aromatic rings. The minimum absolute atomic E-state index is 0.00663. The number of nitrogens with one attached hydrogen (secondary N) is 1. The maximum atomic E-state index is 11.9. The van der Waals surface area contributed by atoms with Gasteiger partial charge in [0.2, 0.25) is 0 Å². The van der Waals surface area contributed by atoms with Crippen molar-refractivity contribution in [3.63, 3.8) is 0 Å². The lowest BCUT2D eigenvalue weighted by atomic mass is 10.1. The predicted octanol–water partition coefficient (Wildman–Crippen LogP) is 0.865. The first kappa shape index (κ1) is 13.9. The van der Waals surface area contributed by atoms with E-state index in [4.69, 9.17) is 0 Å². The molecule has 1 fully saturated rings. The summed E-state index contributed by atoms with van der Waals surface area (Å²) in [7, 11) is -2.90. The monoisotopic (exact) mass is 283 g/mol. The van der Waals surface area contributed by atoms with Crippen LogP contribution in [0.25, 0.3) is 0 Å². The molecule has 104 valence electrons. The van der Waals surface area contributed by atoms with E-state index < -0.39 is 9.84 Å². The Labute approximate surface area is 112 Å². The molecule has 0 radical (unpaired) electrons. The summed E-state index contributed by atoms with van der Waals surface area (Å²) in [6, 6.07) is 4.63. The molecule has 1 aliphatic rings. The summed E-state index contributed by atoms with van der Waals surface area (Å²) in [6.07, 6.45) is 0.608. The van der Waals surface area contributed by atoms with E-state index in [9.17, 15) is 18.3 Å². The number of hydrogen-bond acceptors (Lipinski definition) is 4. The molecular weight excluding hydrogens is 266 g/mol. The lowest BCUT2D eigenvalue weighted by molar-refractivity contribution is 0.0948. The van der Waals surface area contributed by atoms with Crippen molar-refractivity contribution < 1.29 is 18.3 Å². The van der Waals surface area contributed by atoms with Gasteiger partial charge in [0.05, 0.1) is 11.5 Å². The second-order valence-electron chi connectivity index (χ2n) is 4.98. The zero-order valence-electron chi connectivity index (χ0n) is 10.7. The van der Waals surface area contributed by atoms with E-state index in [0.29, 0.717) is 24.1 Å². The zero-order chi connectivity index (χ0) is 14.0. The average molecular weight is 283 g/mol. The molecular formula is C13H17NO4S. The van der Waals surface area contributed by atoms with Gasteiger partial charge in [0.1, 0.15) is 5.75 Å². The Kier molecular flexibility index (Phi) is 3.80. The molecule has 0 aliphatic carbocycles. The first-order chi connectivity index (χ1) is 8.87. The van der Waals surface area contributed by atoms with Crippen molar-refractivity contribution in [2.24, 2.45) is 5.92 Å². The molecule has 1 heterocycles. The van der Waals surface area contributed by atoms with Crippen molar-refractivity contribution in [1.29, 1.82) is 0 Å². The summed E-state index contributed by atoms with van der Waals surface area (Å²) in [5, 5.41) is 12.1. The normalized spacial score (nSPS) is 21.2. The molecule has 1 aromatic carbocycles. The summed E-state index contributed by atoms with van der Waals surface area (Å²) in [5.41, 5.74) is 1.10. The van der Waals surface area contributed by atoms with Crippen LogP contribution in [-0.2, 0) is 9.84 Å². The van der Waals surface area contributed by atoms with E-state index in [0.717, 1.165) is 0 Å². The minimum atomic E-state index is -2.90. The summed E-state index contributed by atoms with van der Waals surface area (Å²) < 4.78 is 22.6. The highest BCUT2D eigenvalue weighted by Gasteiger charge is 2.27. The molecule has 19 heavy (non-hydrogen) atoms. The summed E-state index contributed by atoms with van der Waals surface area (Å²) in [5.74, 6) is 0.284. The lowest BCUT2D eigenvalue weighted by Crippen LogP contribution is -2.29. The third-order valence-electron chi connectivity index (χ3n) is 3.34. The number of sulfone groups is 1. The molecule has 1 amide bonds. The third-order valence-corrected chi connectivity index (χ3v) is 5.17. The Bertz CT molecular complexity index is 595. The Balaban J connectivity index is 1.93. The molecule has 5 nitrogen and oxygen atoms in total. The smallest absolute Gasteiger partial charge is 0.251 e. The number of benzene rings is 1. The van der Waals surface area contributed by atoms with Gasteiger partial charge in [-0.05, 0) is 43.0 Å². The van der Waals surface area contributed by atoms with Crippen LogP contribution in [-0.4, -0.2) is 37.5 Å². The minimum Gasteiger partial charge on any atom is -0.508 e. The van der Waals surface area contributed by atoms with E-state index in [2.05, 4.69) is 5.32 Å². The molecule has 2 rings (SSSR count). The number of phenols is 1.